The molecule has 0 aliphatic heterocycles. The van der Waals surface area contributed by atoms with Crippen molar-refractivity contribution in [1.29, 1.82) is 0 Å². The van der Waals surface area contributed by atoms with Gasteiger partial charge in [0.25, 0.3) is 0 Å². The molecule has 0 atom stereocenters. The number of hydrogen-bond donors (Lipinski definition) is 0. The summed E-state index contributed by atoms with van der Waals surface area (Å²) in [7, 11) is 0. The molecule has 0 amide bonds. The summed E-state index contributed by atoms with van der Waals surface area (Å²) in [4.78, 5) is 2.44. The third-order valence-electron chi connectivity index (χ3n) is 12.7. The molecule has 0 fully saturated rings. The monoisotopic (exact) mass is 755 g/mol. The first-order valence-electron chi connectivity index (χ1n) is 19.9. The number of anilines is 3. The molecule has 1 spiro atoms. The molecule has 270 valence electrons. The summed E-state index contributed by atoms with van der Waals surface area (Å²) in [5.41, 5.74) is 17.4. The molecule has 2 aromatic heterocycles. The number of hydrogen-bond acceptors (Lipinski definition) is 3. The zero-order chi connectivity index (χ0) is 38.0. The molecule has 2 heterocycles. The van der Waals surface area contributed by atoms with Crippen LogP contribution in [0.4, 0.5) is 17.1 Å². The van der Waals surface area contributed by atoms with Crippen LogP contribution in [0.3, 0.4) is 0 Å². The highest BCUT2D eigenvalue weighted by Gasteiger charge is 2.51. The van der Waals surface area contributed by atoms with Crippen molar-refractivity contribution in [2.75, 3.05) is 4.90 Å². The molecule has 58 heavy (non-hydrogen) atoms. The first-order chi connectivity index (χ1) is 28.8. The van der Waals surface area contributed by atoms with Gasteiger partial charge in [-0.15, -0.1) is 11.3 Å². The number of benzene rings is 9. The molecule has 11 aromatic rings. The van der Waals surface area contributed by atoms with E-state index in [1.165, 1.54) is 75.8 Å². The van der Waals surface area contributed by atoms with Gasteiger partial charge in [0.1, 0.15) is 5.58 Å². The molecule has 13 rings (SSSR count). The van der Waals surface area contributed by atoms with Crippen LogP contribution >= 0.6 is 11.3 Å². The van der Waals surface area contributed by atoms with Gasteiger partial charge in [-0.05, 0) is 92.5 Å². The van der Waals surface area contributed by atoms with E-state index in [0.29, 0.717) is 0 Å². The van der Waals surface area contributed by atoms with E-state index in [9.17, 15) is 0 Å². The second-order valence-electron chi connectivity index (χ2n) is 15.5. The van der Waals surface area contributed by atoms with Gasteiger partial charge in [0.15, 0.2) is 5.58 Å². The fourth-order valence-corrected chi connectivity index (χ4v) is 11.6. The quantitative estimate of drug-likeness (QED) is 0.178. The van der Waals surface area contributed by atoms with Gasteiger partial charge in [0.05, 0.1) is 16.8 Å². The number of fused-ring (bicyclic) bond motifs is 16. The lowest BCUT2D eigenvalue weighted by atomic mass is 9.70. The van der Waals surface area contributed by atoms with Crippen molar-refractivity contribution in [2.24, 2.45) is 0 Å². The maximum atomic E-state index is 6.83. The molecule has 9 aromatic carbocycles. The largest absolute Gasteiger partial charge is 0.454 e. The second-order valence-corrected chi connectivity index (χ2v) is 16.6. The first-order valence-corrected chi connectivity index (χ1v) is 20.7. The lowest BCUT2D eigenvalue weighted by Crippen LogP contribution is -2.25. The van der Waals surface area contributed by atoms with Gasteiger partial charge < -0.3 is 9.32 Å². The van der Waals surface area contributed by atoms with Gasteiger partial charge in [-0.3, -0.25) is 0 Å². The average molecular weight is 756 g/mol. The zero-order valence-corrected chi connectivity index (χ0v) is 32.1. The fraction of sp³-hybridized carbons (Fsp3) is 0.0182. The molecule has 0 N–H and O–H groups in total. The Bertz CT molecular complexity index is 3450. The Morgan fingerprint density at radius 2 is 0.914 bits per heavy atom. The number of rotatable bonds is 4. The van der Waals surface area contributed by atoms with Crippen LogP contribution in [0.15, 0.2) is 205 Å². The van der Waals surface area contributed by atoms with Crippen molar-refractivity contribution in [1.82, 2.24) is 0 Å². The van der Waals surface area contributed by atoms with Crippen molar-refractivity contribution in [3.05, 3.63) is 222 Å². The van der Waals surface area contributed by atoms with Gasteiger partial charge in [-0.25, -0.2) is 0 Å². The maximum Gasteiger partial charge on any atom is 0.159 e. The highest BCUT2D eigenvalue weighted by Crippen LogP contribution is 2.63. The van der Waals surface area contributed by atoms with Crippen molar-refractivity contribution < 1.29 is 4.42 Å². The molecule has 0 unspecified atom stereocenters. The highest BCUT2D eigenvalue weighted by atomic mass is 32.1. The Labute approximate surface area is 339 Å². The van der Waals surface area contributed by atoms with Crippen LogP contribution in [0, 0.1) is 0 Å². The number of thiophene rings is 1. The smallest absolute Gasteiger partial charge is 0.159 e. The topological polar surface area (TPSA) is 16.4 Å². The van der Waals surface area contributed by atoms with Crippen molar-refractivity contribution in [3.63, 3.8) is 0 Å². The third kappa shape index (κ3) is 4.16. The van der Waals surface area contributed by atoms with E-state index in [2.05, 4.69) is 205 Å². The van der Waals surface area contributed by atoms with E-state index in [4.69, 9.17) is 4.42 Å². The number of para-hydroxylation sites is 3. The van der Waals surface area contributed by atoms with Crippen molar-refractivity contribution in [2.45, 2.75) is 5.41 Å². The highest BCUT2D eigenvalue weighted by molar-refractivity contribution is 7.25. The number of nitrogens with zero attached hydrogens (tertiary/aromatic N) is 1. The van der Waals surface area contributed by atoms with Gasteiger partial charge >= 0.3 is 0 Å². The van der Waals surface area contributed by atoms with E-state index < -0.39 is 5.41 Å². The van der Waals surface area contributed by atoms with Crippen LogP contribution in [-0.2, 0) is 5.41 Å². The normalized spacial score (nSPS) is 13.3. The van der Waals surface area contributed by atoms with E-state index in [1.807, 2.05) is 11.3 Å². The molecule has 2 aliphatic carbocycles. The Morgan fingerprint density at radius 3 is 1.69 bits per heavy atom. The van der Waals surface area contributed by atoms with Crippen LogP contribution in [0.2, 0.25) is 0 Å². The van der Waals surface area contributed by atoms with Crippen molar-refractivity contribution in [3.8, 4) is 33.4 Å². The molecule has 0 bridgehead atoms. The average Bonchev–Trinajstić information content (AvgIpc) is 4.02. The third-order valence-corrected chi connectivity index (χ3v) is 13.8. The number of furan rings is 1. The molecule has 2 nitrogen and oxygen atoms in total. The van der Waals surface area contributed by atoms with Crippen LogP contribution in [-0.4, -0.2) is 0 Å². The molecular weight excluding hydrogens is 723 g/mol. The van der Waals surface area contributed by atoms with Crippen LogP contribution < -0.4 is 4.90 Å². The van der Waals surface area contributed by atoms with Crippen molar-refractivity contribution >= 4 is 70.5 Å². The Morgan fingerprint density at radius 1 is 0.379 bits per heavy atom. The Balaban J connectivity index is 1.11. The summed E-state index contributed by atoms with van der Waals surface area (Å²) < 4.78 is 9.42. The minimum atomic E-state index is -0.408. The summed E-state index contributed by atoms with van der Waals surface area (Å²) in [5.74, 6) is 0. The minimum Gasteiger partial charge on any atom is -0.454 e. The first kappa shape index (κ1) is 31.9. The second kappa shape index (κ2) is 11.9. The molecule has 2 aliphatic rings. The standard InChI is InChI=1S/C55H33NOS/c1-7-23-44-35(15-1)36-16-2-8-24-45(36)55(44)46-25-9-3-17-37(46)43-33-34(31-32-47(43)55)56(49-27-13-22-41-39-19-5-11-28-50(39)57-54(41)49)48-26-10-4-18-38(48)40-21-14-30-52-53(40)42-20-6-12-29-51(42)58-52/h1-33H. The molecule has 0 radical (unpaired) electrons. The van der Waals surface area contributed by atoms with E-state index >= 15 is 0 Å². The lowest BCUT2D eigenvalue weighted by Gasteiger charge is -2.31. The predicted molar refractivity (Wildman–Crippen MR) is 243 cm³/mol. The Hall–Kier alpha value is -7.20. The molecule has 0 saturated heterocycles. The summed E-state index contributed by atoms with van der Waals surface area (Å²) in [5, 5.41) is 4.80. The zero-order valence-electron chi connectivity index (χ0n) is 31.3. The van der Waals surface area contributed by atoms with E-state index in [0.717, 1.165) is 39.0 Å². The summed E-state index contributed by atoms with van der Waals surface area (Å²) in [6, 6.07) is 73.7. The fourth-order valence-electron chi connectivity index (χ4n) is 10.4. The molecular formula is C55H33NOS. The lowest BCUT2D eigenvalue weighted by molar-refractivity contribution is 0.669. The van der Waals surface area contributed by atoms with Gasteiger partial charge in [0, 0.05) is 42.2 Å². The predicted octanol–water partition coefficient (Wildman–Crippen LogP) is 15.4. The van der Waals surface area contributed by atoms with Crippen LogP contribution in [0.1, 0.15) is 22.3 Å². The van der Waals surface area contributed by atoms with Gasteiger partial charge in [0.2, 0.25) is 0 Å². The van der Waals surface area contributed by atoms with E-state index in [-0.39, 0.29) is 0 Å². The Kier molecular flexibility index (Phi) is 6.56. The molecule has 0 saturated carbocycles. The van der Waals surface area contributed by atoms with E-state index in [1.54, 1.807) is 0 Å². The molecule has 3 heteroatoms. The summed E-state index contributed by atoms with van der Waals surface area (Å²) in [6.45, 7) is 0. The van der Waals surface area contributed by atoms with Crippen LogP contribution in [0.25, 0.3) is 75.5 Å². The minimum absolute atomic E-state index is 0.408. The SMILES string of the molecule is c1ccc(N(c2ccc3c(c2)-c2ccccc2C32c3ccccc3-c3ccccc32)c2cccc3c2oc2ccccc23)c(-c2cccc3sc4ccccc4c23)c1. The maximum absolute atomic E-state index is 6.83. The van der Waals surface area contributed by atoms with Gasteiger partial charge in [-0.2, -0.15) is 0 Å². The summed E-state index contributed by atoms with van der Waals surface area (Å²) >= 11 is 1.86. The summed E-state index contributed by atoms with van der Waals surface area (Å²) in [6.07, 6.45) is 0. The van der Waals surface area contributed by atoms with Crippen LogP contribution in [0.5, 0.6) is 0 Å². The van der Waals surface area contributed by atoms with Gasteiger partial charge in [-0.1, -0.05) is 158 Å².